The first kappa shape index (κ1) is 19.2. The average Bonchev–Trinajstić information content (AvgIpc) is 3.39. The van der Waals surface area contributed by atoms with Gasteiger partial charge in [0.15, 0.2) is 0 Å². The minimum absolute atomic E-state index is 0.0223. The minimum atomic E-state index is -3.09. The van der Waals surface area contributed by atoms with Crippen molar-refractivity contribution in [3.8, 4) is 5.75 Å². The van der Waals surface area contributed by atoms with Crippen LogP contribution < -0.4 is 10.1 Å². The van der Waals surface area contributed by atoms with Gasteiger partial charge in [0.05, 0.1) is 17.9 Å². The molecule has 1 aliphatic carbocycles. The van der Waals surface area contributed by atoms with Crippen LogP contribution in [0.25, 0.3) is 0 Å². The van der Waals surface area contributed by atoms with E-state index in [1.54, 1.807) is 6.07 Å². The van der Waals surface area contributed by atoms with Crippen LogP contribution in [0.1, 0.15) is 42.5 Å². The molecule has 0 atom stereocenters. The van der Waals surface area contributed by atoms with E-state index in [2.05, 4.69) is 5.32 Å². The average molecular weight is 407 g/mol. The van der Waals surface area contributed by atoms with Gasteiger partial charge in [0.1, 0.15) is 21.2 Å². The Morgan fingerprint density at radius 2 is 1.86 bits per heavy atom. The van der Waals surface area contributed by atoms with Gasteiger partial charge in [0.2, 0.25) is 5.91 Å². The number of rotatable bonds is 4. The van der Waals surface area contributed by atoms with Crippen molar-refractivity contribution >= 4 is 21.7 Å². The molecule has 1 saturated heterocycles. The first-order chi connectivity index (χ1) is 13.2. The van der Waals surface area contributed by atoms with Gasteiger partial charge in [-0.15, -0.1) is 0 Å². The van der Waals surface area contributed by atoms with E-state index in [0.29, 0.717) is 50.2 Å². The highest BCUT2D eigenvalue weighted by Gasteiger charge is 2.48. The van der Waals surface area contributed by atoms with Crippen LogP contribution in [0.15, 0.2) is 24.3 Å². The SMILES string of the molecule is CS(=O)(=O)CC1(CC(=O)N2CCC3(CC2)CNC(=O)c2ccccc2O3)CC1. The van der Waals surface area contributed by atoms with Crippen molar-refractivity contribution in [2.75, 3.05) is 31.6 Å². The maximum atomic E-state index is 12.7. The van der Waals surface area contributed by atoms with Gasteiger partial charge >= 0.3 is 0 Å². The summed E-state index contributed by atoms with van der Waals surface area (Å²) < 4.78 is 29.5. The Labute approximate surface area is 165 Å². The van der Waals surface area contributed by atoms with E-state index in [4.69, 9.17) is 4.74 Å². The molecular formula is C20H26N2O5S. The highest BCUT2D eigenvalue weighted by Crippen LogP contribution is 2.50. The number of piperidine rings is 1. The van der Waals surface area contributed by atoms with Crippen molar-refractivity contribution in [1.29, 1.82) is 0 Å². The minimum Gasteiger partial charge on any atom is -0.484 e. The predicted octanol–water partition coefficient (Wildman–Crippen LogP) is 1.38. The van der Waals surface area contributed by atoms with Gasteiger partial charge in [0.25, 0.3) is 5.91 Å². The smallest absolute Gasteiger partial charge is 0.255 e. The summed E-state index contributed by atoms with van der Waals surface area (Å²) >= 11 is 0. The van der Waals surface area contributed by atoms with Crippen LogP contribution in [0, 0.1) is 5.41 Å². The van der Waals surface area contributed by atoms with Gasteiger partial charge in [0, 0.05) is 38.6 Å². The lowest BCUT2D eigenvalue weighted by atomic mass is 9.90. The van der Waals surface area contributed by atoms with E-state index >= 15 is 0 Å². The fourth-order valence-electron chi connectivity index (χ4n) is 4.33. The van der Waals surface area contributed by atoms with E-state index in [1.165, 1.54) is 6.26 Å². The first-order valence-corrected chi connectivity index (χ1v) is 11.8. The highest BCUT2D eigenvalue weighted by molar-refractivity contribution is 7.90. The summed E-state index contributed by atoms with van der Waals surface area (Å²) in [6.07, 6.45) is 4.40. The number of para-hydroxylation sites is 1. The largest absolute Gasteiger partial charge is 0.484 e. The van der Waals surface area contributed by atoms with E-state index < -0.39 is 15.4 Å². The Morgan fingerprint density at radius 1 is 1.18 bits per heavy atom. The van der Waals surface area contributed by atoms with E-state index in [9.17, 15) is 18.0 Å². The van der Waals surface area contributed by atoms with Crippen molar-refractivity contribution < 1.29 is 22.7 Å². The zero-order chi connectivity index (χ0) is 20.0. The van der Waals surface area contributed by atoms with Crippen LogP contribution in [0.4, 0.5) is 0 Å². The summed E-state index contributed by atoms with van der Waals surface area (Å²) in [7, 11) is -3.09. The Bertz CT molecular complexity index is 899. The standard InChI is InChI=1S/C20H26N2O5S/c1-28(25,26)14-19(6-7-19)12-17(23)22-10-8-20(9-11-22)13-21-18(24)15-4-2-3-5-16(15)27-20/h2-5H,6-14H2,1H3,(H,21,24). The summed E-state index contributed by atoms with van der Waals surface area (Å²) in [6.45, 7) is 1.51. The quantitative estimate of drug-likeness (QED) is 0.816. The molecular weight excluding hydrogens is 380 g/mol. The van der Waals surface area contributed by atoms with Crippen molar-refractivity contribution in [3.05, 3.63) is 29.8 Å². The summed E-state index contributed by atoms with van der Waals surface area (Å²) in [5.74, 6) is 0.564. The van der Waals surface area contributed by atoms with Crippen LogP contribution in [-0.4, -0.2) is 62.4 Å². The molecule has 0 bridgehead atoms. The molecule has 1 aromatic rings. The van der Waals surface area contributed by atoms with Crippen LogP contribution in [0.3, 0.4) is 0 Å². The molecule has 28 heavy (non-hydrogen) atoms. The number of nitrogens with one attached hydrogen (secondary N) is 1. The van der Waals surface area contributed by atoms with Crippen LogP contribution in [0.5, 0.6) is 5.75 Å². The number of benzene rings is 1. The van der Waals surface area contributed by atoms with Crippen LogP contribution in [-0.2, 0) is 14.6 Å². The molecule has 0 radical (unpaired) electrons. The van der Waals surface area contributed by atoms with Gasteiger partial charge in [-0.1, -0.05) is 12.1 Å². The maximum Gasteiger partial charge on any atom is 0.255 e. The Balaban J connectivity index is 1.39. The summed E-state index contributed by atoms with van der Waals surface area (Å²) in [6, 6.07) is 7.21. The highest BCUT2D eigenvalue weighted by atomic mass is 32.2. The number of ether oxygens (including phenoxy) is 1. The number of carbonyl (C=O) groups is 2. The monoisotopic (exact) mass is 406 g/mol. The van der Waals surface area contributed by atoms with Crippen molar-refractivity contribution in [3.63, 3.8) is 0 Å². The lowest BCUT2D eigenvalue weighted by molar-refractivity contribution is -0.135. The lowest BCUT2D eigenvalue weighted by Gasteiger charge is -2.41. The second kappa shape index (κ2) is 6.76. The molecule has 1 N–H and O–H groups in total. The Hall–Kier alpha value is -2.09. The third-order valence-electron chi connectivity index (χ3n) is 6.11. The van der Waals surface area contributed by atoms with Gasteiger partial charge in [-0.25, -0.2) is 8.42 Å². The number of hydrogen-bond donors (Lipinski definition) is 1. The molecule has 0 aromatic heterocycles. The number of nitrogens with zero attached hydrogens (tertiary/aromatic N) is 1. The van der Waals surface area contributed by atoms with E-state index in [1.807, 2.05) is 23.1 Å². The lowest BCUT2D eigenvalue weighted by Crippen LogP contribution is -2.54. The number of hydrogen-bond acceptors (Lipinski definition) is 5. The second-order valence-electron chi connectivity index (χ2n) is 8.59. The third kappa shape index (κ3) is 4.01. The number of likely N-dealkylation sites (tertiary alicyclic amines) is 1. The predicted molar refractivity (Wildman–Crippen MR) is 104 cm³/mol. The van der Waals surface area contributed by atoms with Crippen LogP contribution >= 0.6 is 0 Å². The third-order valence-corrected chi connectivity index (χ3v) is 7.25. The van der Waals surface area contributed by atoms with Gasteiger partial charge in [-0.2, -0.15) is 0 Å². The number of amides is 2. The van der Waals surface area contributed by atoms with E-state index in [-0.39, 0.29) is 23.0 Å². The normalized spacial score (nSPS) is 22.6. The zero-order valence-corrected chi connectivity index (χ0v) is 16.9. The maximum absolute atomic E-state index is 12.7. The molecule has 1 saturated carbocycles. The molecule has 2 aliphatic heterocycles. The molecule has 3 aliphatic rings. The molecule has 1 spiro atoms. The Morgan fingerprint density at radius 3 is 2.50 bits per heavy atom. The number of fused-ring (bicyclic) bond motifs is 1. The molecule has 1 aromatic carbocycles. The molecule has 0 unspecified atom stereocenters. The van der Waals surface area contributed by atoms with Crippen molar-refractivity contribution in [2.45, 2.75) is 37.7 Å². The fourth-order valence-corrected chi connectivity index (χ4v) is 5.83. The molecule has 152 valence electrons. The summed E-state index contributed by atoms with van der Waals surface area (Å²) in [4.78, 5) is 26.8. The summed E-state index contributed by atoms with van der Waals surface area (Å²) in [5.41, 5.74) is -0.330. The molecule has 8 heteroatoms. The molecule has 4 rings (SSSR count). The molecule has 7 nitrogen and oxygen atoms in total. The second-order valence-corrected chi connectivity index (χ2v) is 10.7. The van der Waals surface area contributed by atoms with Gasteiger partial charge in [-0.3, -0.25) is 9.59 Å². The first-order valence-electron chi connectivity index (χ1n) is 9.71. The fraction of sp³-hybridized carbons (Fsp3) is 0.600. The molecule has 2 amide bonds. The molecule has 2 fully saturated rings. The van der Waals surface area contributed by atoms with Crippen molar-refractivity contribution in [1.82, 2.24) is 10.2 Å². The Kier molecular flexibility index (Phi) is 4.64. The number of carbonyl (C=O) groups excluding carboxylic acids is 2. The topological polar surface area (TPSA) is 92.8 Å². The van der Waals surface area contributed by atoms with E-state index in [0.717, 1.165) is 12.8 Å². The summed E-state index contributed by atoms with van der Waals surface area (Å²) in [5, 5.41) is 2.95. The zero-order valence-electron chi connectivity index (χ0n) is 16.1. The van der Waals surface area contributed by atoms with Crippen LogP contribution in [0.2, 0.25) is 0 Å². The van der Waals surface area contributed by atoms with Gasteiger partial charge < -0.3 is 15.0 Å². The van der Waals surface area contributed by atoms with Gasteiger partial charge in [-0.05, 0) is 30.4 Å². The van der Waals surface area contributed by atoms with Crippen molar-refractivity contribution in [2.24, 2.45) is 5.41 Å². The molecule has 2 heterocycles. The number of sulfone groups is 1.